The Hall–Kier alpha value is 1.44. The fourth-order valence-corrected chi connectivity index (χ4v) is 13.8. The van der Waals surface area contributed by atoms with Crippen molar-refractivity contribution in [3.63, 3.8) is 0 Å². The van der Waals surface area contributed by atoms with Gasteiger partial charge in [0.05, 0.1) is 0 Å². The van der Waals surface area contributed by atoms with E-state index in [1.165, 1.54) is 48.5 Å². The predicted molar refractivity (Wildman–Crippen MR) is 244 cm³/mol. The van der Waals surface area contributed by atoms with Gasteiger partial charge in [0.1, 0.15) is 23.0 Å². The molecule has 0 aliphatic carbocycles. The van der Waals surface area contributed by atoms with E-state index in [1.54, 1.807) is 72.8 Å². The van der Waals surface area contributed by atoms with Crippen LogP contribution in [0.4, 0.5) is 0 Å². The quantitative estimate of drug-likeness (QED) is 0.0567. The van der Waals surface area contributed by atoms with E-state index in [-0.39, 0.29) is 141 Å². The van der Waals surface area contributed by atoms with Crippen molar-refractivity contribution in [1.29, 1.82) is 0 Å². The first kappa shape index (κ1) is 72.0. The topological polar surface area (TPSA) is 416 Å². The van der Waals surface area contributed by atoms with E-state index in [0.29, 0.717) is 0 Å². The molecule has 24 nitrogen and oxygen atoms in total. The Bertz CT molecular complexity index is 1990. The van der Waals surface area contributed by atoms with Gasteiger partial charge in [0.15, 0.2) is 23.6 Å². The number of hydrogen-bond donors (Lipinski definition) is 12. The van der Waals surface area contributed by atoms with E-state index in [9.17, 15) is 36.5 Å². The third kappa shape index (κ3) is 41.2. The minimum atomic E-state index is -4.56. The van der Waals surface area contributed by atoms with Crippen molar-refractivity contribution in [2.45, 2.75) is 0 Å². The normalized spacial score (nSPS) is 14.7. The van der Waals surface area contributed by atoms with Crippen molar-refractivity contribution in [1.82, 2.24) is 0 Å². The van der Waals surface area contributed by atoms with Crippen LogP contribution in [0, 0.1) is 0 Å². The Kier molecular flexibility index (Phi) is 36.5. The Morgan fingerprint density at radius 1 is 0.266 bits per heavy atom. The molecule has 0 radical (unpaired) electrons. The Morgan fingerprint density at radius 3 is 0.500 bits per heavy atom. The molecular formula is C28H44Na4O24P8. The van der Waals surface area contributed by atoms with Gasteiger partial charge in [-0.25, -0.2) is 18.3 Å². The summed E-state index contributed by atoms with van der Waals surface area (Å²) in [5.74, 6) is -4.37. The zero-order valence-corrected chi connectivity index (χ0v) is 37.4. The molecule has 64 heavy (non-hydrogen) atoms. The van der Waals surface area contributed by atoms with E-state index in [4.69, 9.17) is 58.7 Å². The number of rotatable bonds is 16. The molecule has 0 bridgehead atoms. The molecule has 0 saturated heterocycles. The number of hydrogen-bond acceptors (Lipinski definition) is 12. The van der Waals surface area contributed by atoms with Gasteiger partial charge in [0.2, 0.25) is 0 Å². The molecule has 0 amide bonds. The number of para-hydroxylation sites is 4. The van der Waals surface area contributed by atoms with Crippen molar-refractivity contribution in [2.75, 3.05) is 23.6 Å². The maximum atomic E-state index is 11.2. The van der Waals surface area contributed by atoms with Gasteiger partial charge in [-0.05, 0) is 48.5 Å². The van der Waals surface area contributed by atoms with E-state index in [1.807, 2.05) is 0 Å². The first-order valence-corrected chi connectivity index (χ1v) is 29.8. The van der Waals surface area contributed by atoms with Crippen LogP contribution in [-0.2, 0) is 36.5 Å². The fraction of sp³-hybridized carbons (Fsp3) is 0.143. The SMILES string of the molecule is O=P(O)(O)CP(=O)(O)Oc1ccccc1.O=P(O)(O)CP(=O)(O)Oc1ccccc1.O=P(O)(O)CP(=O)(O)Oc1ccccc1.O=P(O)(O)CP(=O)(O)Oc1ccccc1.[NaH].[NaH].[NaH].[NaH]. The average molecular weight is 1100 g/mol. The standard InChI is InChI=1S/4C7H10O6P2.4Na.4H/c4*8-14(9,10)6-15(11,12)13-7-4-2-1-3-5-7;;;;;;;;/h4*1-5H,6H2,(H,11,12)(H2,8,9,10);;;;;;;;. The van der Waals surface area contributed by atoms with Crippen molar-refractivity contribution in [3.8, 4) is 23.0 Å². The summed E-state index contributed by atoms with van der Waals surface area (Å²) in [5, 5.41) is 0. The van der Waals surface area contributed by atoms with Gasteiger partial charge >= 0.3 is 179 Å². The van der Waals surface area contributed by atoms with Crippen LogP contribution in [-0.4, -0.2) is 201 Å². The molecule has 344 valence electrons. The average Bonchev–Trinajstić information content (AvgIpc) is 3.02. The Balaban J connectivity index is -0.000000367. The van der Waals surface area contributed by atoms with Crippen molar-refractivity contribution >= 4 is 179 Å². The molecule has 0 fully saturated rings. The van der Waals surface area contributed by atoms with Crippen LogP contribution in [0.25, 0.3) is 0 Å². The second kappa shape index (κ2) is 32.4. The van der Waals surface area contributed by atoms with Crippen LogP contribution in [0.1, 0.15) is 0 Å². The molecular weight excluding hydrogens is 1060 g/mol. The van der Waals surface area contributed by atoms with Gasteiger partial charge in [-0.2, -0.15) is 0 Å². The molecule has 0 aliphatic rings. The molecule has 0 spiro atoms. The molecule has 4 atom stereocenters. The second-order valence-corrected chi connectivity index (χ2v) is 27.1. The Labute approximate surface area is 454 Å². The molecule has 0 heterocycles. The summed E-state index contributed by atoms with van der Waals surface area (Å²) in [5.41, 5.74) is 0. The summed E-state index contributed by atoms with van der Waals surface area (Å²) in [4.78, 5) is 105. The molecule has 4 aromatic rings. The molecule has 4 unspecified atom stereocenters. The van der Waals surface area contributed by atoms with Crippen LogP contribution in [0.2, 0.25) is 0 Å². The summed E-state index contributed by atoms with van der Waals surface area (Å²) in [6.07, 6.45) is 0. The molecule has 0 aromatic heterocycles. The van der Waals surface area contributed by atoms with Gasteiger partial charge in [-0.15, -0.1) is 0 Å². The zero-order valence-electron chi connectivity index (χ0n) is 30.2. The predicted octanol–water partition coefficient (Wildman–Crippen LogP) is 2.95. The van der Waals surface area contributed by atoms with E-state index < -0.39 is 84.4 Å². The van der Waals surface area contributed by atoms with Gasteiger partial charge in [-0.1, -0.05) is 72.8 Å². The Morgan fingerprint density at radius 2 is 0.391 bits per heavy atom. The van der Waals surface area contributed by atoms with Crippen molar-refractivity contribution in [2.24, 2.45) is 0 Å². The summed E-state index contributed by atoms with van der Waals surface area (Å²) in [6, 6.07) is 30.7. The van der Waals surface area contributed by atoms with E-state index in [2.05, 4.69) is 18.1 Å². The molecule has 4 rings (SSSR count). The van der Waals surface area contributed by atoms with Gasteiger partial charge in [0, 0.05) is 0 Å². The first-order valence-electron chi connectivity index (χ1n) is 15.6. The van der Waals surface area contributed by atoms with E-state index >= 15 is 0 Å². The van der Waals surface area contributed by atoms with Crippen LogP contribution in [0.5, 0.6) is 23.0 Å². The summed E-state index contributed by atoms with van der Waals surface area (Å²) >= 11 is 0. The third-order valence-corrected chi connectivity index (χ3v) is 19.0. The van der Waals surface area contributed by atoms with Crippen LogP contribution in [0.15, 0.2) is 121 Å². The second-order valence-electron chi connectivity index (χ2n) is 11.4. The molecule has 4 aromatic carbocycles. The minimum absolute atomic E-state index is 0. The van der Waals surface area contributed by atoms with Crippen molar-refractivity contribution < 1.29 is 113 Å². The molecule has 12 N–H and O–H groups in total. The first-order chi connectivity index (χ1) is 27.1. The number of benzene rings is 4. The molecule has 0 saturated carbocycles. The van der Waals surface area contributed by atoms with Crippen molar-refractivity contribution in [3.05, 3.63) is 121 Å². The van der Waals surface area contributed by atoms with Gasteiger partial charge in [-0.3, -0.25) is 18.3 Å². The summed E-state index contributed by atoms with van der Waals surface area (Å²) in [7, 11) is -35.4. The van der Waals surface area contributed by atoms with Crippen LogP contribution < -0.4 is 18.1 Å². The van der Waals surface area contributed by atoms with Gasteiger partial charge in [0.25, 0.3) is 0 Å². The fourth-order valence-electron chi connectivity index (χ4n) is 3.63. The third-order valence-electron chi connectivity index (χ3n) is 5.42. The monoisotopic (exact) mass is 1100 g/mol. The molecule has 36 heteroatoms. The molecule has 0 aliphatic heterocycles. The van der Waals surface area contributed by atoms with E-state index in [0.717, 1.165) is 0 Å². The summed E-state index contributed by atoms with van der Waals surface area (Å²) in [6.45, 7) is 0. The van der Waals surface area contributed by atoms with Gasteiger partial charge < -0.3 is 76.8 Å². The maximum absolute atomic E-state index is 11.2. The zero-order chi connectivity index (χ0) is 46.1. The van der Waals surface area contributed by atoms with Crippen LogP contribution in [0.3, 0.4) is 0 Å². The van der Waals surface area contributed by atoms with Crippen LogP contribution >= 0.6 is 60.8 Å². The summed E-state index contributed by atoms with van der Waals surface area (Å²) < 4.78 is 105.